The number of hydrogen-bond donors (Lipinski definition) is 1. The SMILES string of the molecule is O=S(O)C1=CC(S(=O)[O-])c2ccccc21. The summed E-state index contributed by atoms with van der Waals surface area (Å²) in [5.41, 5.74) is 1.09. The Morgan fingerprint density at radius 2 is 1.93 bits per heavy atom. The van der Waals surface area contributed by atoms with Crippen molar-refractivity contribution in [2.45, 2.75) is 5.25 Å². The molecule has 1 aromatic rings. The minimum absolute atomic E-state index is 0.166. The van der Waals surface area contributed by atoms with E-state index in [4.69, 9.17) is 4.55 Å². The third-order valence-electron chi connectivity index (χ3n) is 2.23. The molecule has 4 nitrogen and oxygen atoms in total. The van der Waals surface area contributed by atoms with Crippen LogP contribution in [0.15, 0.2) is 30.3 Å². The quantitative estimate of drug-likeness (QED) is 0.791. The molecule has 2 rings (SSSR count). The van der Waals surface area contributed by atoms with E-state index in [1.54, 1.807) is 24.3 Å². The predicted octanol–water partition coefficient (Wildman–Crippen LogP) is 1.18. The molecule has 80 valence electrons. The van der Waals surface area contributed by atoms with E-state index in [-0.39, 0.29) is 4.91 Å². The summed E-state index contributed by atoms with van der Waals surface area (Å²) in [5, 5.41) is -0.813. The highest BCUT2D eigenvalue weighted by Crippen LogP contribution is 2.38. The third kappa shape index (κ3) is 1.81. The fourth-order valence-corrected chi connectivity index (χ4v) is 2.97. The topological polar surface area (TPSA) is 77.4 Å². The molecule has 0 saturated carbocycles. The summed E-state index contributed by atoms with van der Waals surface area (Å²) in [6.45, 7) is 0. The lowest BCUT2D eigenvalue weighted by molar-refractivity contribution is 0.531. The lowest BCUT2D eigenvalue weighted by atomic mass is 10.1. The summed E-state index contributed by atoms with van der Waals surface area (Å²) in [4.78, 5) is 0.166. The molecule has 6 heteroatoms. The largest absolute Gasteiger partial charge is 0.772 e. The van der Waals surface area contributed by atoms with Gasteiger partial charge in [0.05, 0.1) is 10.2 Å². The van der Waals surface area contributed by atoms with E-state index in [0.29, 0.717) is 11.1 Å². The Labute approximate surface area is 91.6 Å². The first kappa shape index (κ1) is 10.7. The second-order valence-corrected chi connectivity index (χ2v) is 5.02. The molecule has 0 radical (unpaired) electrons. The molecular formula is C9H7O4S2-. The minimum Gasteiger partial charge on any atom is -0.772 e. The molecule has 0 bridgehead atoms. The van der Waals surface area contributed by atoms with Crippen LogP contribution in [0.5, 0.6) is 0 Å². The molecule has 0 aliphatic heterocycles. The van der Waals surface area contributed by atoms with E-state index in [1.165, 1.54) is 6.08 Å². The molecule has 1 aromatic carbocycles. The lowest BCUT2D eigenvalue weighted by Gasteiger charge is -2.13. The normalized spacial score (nSPS) is 23.1. The average Bonchev–Trinajstić information content (AvgIpc) is 2.56. The standard InChI is InChI=1S/C9H8O4S2/c10-14(11)8-5-9(15(12)13)7-4-2-1-3-6(7)8/h1-5,8H,(H,10,11)(H,12,13)/p-1. The maximum absolute atomic E-state index is 11.0. The summed E-state index contributed by atoms with van der Waals surface area (Å²) in [7, 11) is 0. The van der Waals surface area contributed by atoms with Crippen LogP contribution >= 0.6 is 0 Å². The van der Waals surface area contributed by atoms with Crippen molar-refractivity contribution >= 4 is 27.1 Å². The van der Waals surface area contributed by atoms with Crippen LogP contribution in [0.3, 0.4) is 0 Å². The summed E-state index contributed by atoms with van der Waals surface area (Å²) >= 11 is -4.46. The Balaban J connectivity index is 2.59. The molecule has 1 N–H and O–H groups in total. The summed E-state index contributed by atoms with van der Waals surface area (Å²) in [6.07, 6.45) is 1.31. The first-order valence-electron chi connectivity index (χ1n) is 4.11. The van der Waals surface area contributed by atoms with Crippen LogP contribution < -0.4 is 0 Å². The Morgan fingerprint density at radius 1 is 1.27 bits per heavy atom. The second-order valence-electron chi connectivity index (χ2n) is 3.05. The van der Waals surface area contributed by atoms with Gasteiger partial charge in [-0.2, -0.15) is 0 Å². The highest BCUT2D eigenvalue weighted by molar-refractivity contribution is 7.89. The summed E-state index contributed by atoms with van der Waals surface area (Å²) < 4.78 is 41.8. The van der Waals surface area contributed by atoms with Crippen LogP contribution in [-0.2, 0) is 22.2 Å². The van der Waals surface area contributed by atoms with E-state index in [2.05, 4.69) is 0 Å². The lowest BCUT2D eigenvalue weighted by Crippen LogP contribution is -2.00. The average molecular weight is 243 g/mol. The Kier molecular flexibility index (Phi) is 2.83. The van der Waals surface area contributed by atoms with Crippen molar-refractivity contribution in [2.24, 2.45) is 0 Å². The highest BCUT2D eigenvalue weighted by atomic mass is 32.2. The van der Waals surface area contributed by atoms with E-state index in [9.17, 15) is 13.0 Å². The number of benzene rings is 1. The maximum Gasteiger partial charge on any atom is 0.186 e. The monoisotopic (exact) mass is 243 g/mol. The van der Waals surface area contributed by atoms with Crippen molar-refractivity contribution in [3.8, 4) is 0 Å². The van der Waals surface area contributed by atoms with Gasteiger partial charge in [0.1, 0.15) is 0 Å². The van der Waals surface area contributed by atoms with Gasteiger partial charge in [-0.1, -0.05) is 24.3 Å². The van der Waals surface area contributed by atoms with Gasteiger partial charge in [-0.25, -0.2) is 4.21 Å². The van der Waals surface area contributed by atoms with Gasteiger partial charge < -0.3 is 9.11 Å². The molecule has 0 aromatic heterocycles. The van der Waals surface area contributed by atoms with Crippen molar-refractivity contribution in [3.63, 3.8) is 0 Å². The molecular weight excluding hydrogens is 236 g/mol. The van der Waals surface area contributed by atoms with Crippen molar-refractivity contribution < 1.29 is 17.5 Å². The highest BCUT2D eigenvalue weighted by Gasteiger charge is 2.26. The zero-order chi connectivity index (χ0) is 11.0. The Bertz CT molecular complexity index is 481. The van der Waals surface area contributed by atoms with E-state index >= 15 is 0 Å². The van der Waals surface area contributed by atoms with Gasteiger partial charge in [-0.15, -0.1) is 0 Å². The molecule has 0 heterocycles. The molecule has 0 spiro atoms. The molecule has 0 fully saturated rings. The van der Waals surface area contributed by atoms with Crippen molar-refractivity contribution in [1.29, 1.82) is 0 Å². The molecule has 1 aliphatic rings. The van der Waals surface area contributed by atoms with Gasteiger partial charge in [-0.05, 0) is 28.3 Å². The number of rotatable bonds is 2. The third-order valence-corrected chi connectivity index (χ3v) is 3.77. The molecule has 0 amide bonds. The minimum atomic E-state index is -2.31. The van der Waals surface area contributed by atoms with Crippen LogP contribution in [0.1, 0.15) is 16.4 Å². The Hall–Kier alpha value is -0.820. The summed E-state index contributed by atoms with van der Waals surface area (Å²) in [5.74, 6) is 0. The van der Waals surface area contributed by atoms with Gasteiger partial charge in [0.15, 0.2) is 11.1 Å². The Morgan fingerprint density at radius 3 is 2.53 bits per heavy atom. The first-order valence-corrected chi connectivity index (χ1v) is 6.36. The molecule has 15 heavy (non-hydrogen) atoms. The van der Waals surface area contributed by atoms with Crippen LogP contribution in [0.2, 0.25) is 0 Å². The smallest absolute Gasteiger partial charge is 0.186 e. The van der Waals surface area contributed by atoms with Crippen LogP contribution in [-0.4, -0.2) is 17.5 Å². The predicted molar refractivity (Wildman–Crippen MR) is 56.9 cm³/mol. The number of hydrogen-bond acceptors (Lipinski definition) is 3. The van der Waals surface area contributed by atoms with E-state index in [1.807, 2.05) is 0 Å². The van der Waals surface area contributed by atoms with E-state index < -0.39 is 27.4 Å². The first-order chi connectivity index (χ1) is 7.11. The summed E-state index contributed by atoms with van der Waals surface area (Å²) in [6, 6.07) is 6.69. The molecule has 0 saturated heterocycles. The van der Waals surface area contributed by atoms with Crippen molar-refractivity contribution in [3.05, 3.63) is 41.5 Å². The van der Waals surface area contributed by atoms with Crippen molar-refractivity contribution in [1.82, 2.24) is 0 Å². The van der Waals surface area contributed by atoms with E-state index in [0.717, 1.165) is 0 Å². The fourth-order valence-electron chi connectivity index (χ4n) is 1.60. The van der Waals surface area contributed by atoms with Gasteiger partial charge in [0.2, 0.25) is 0 Å². The molecule has 3 unspecified atom stereocenters. The number of fused-ring (bicyclic) bond motifs is 1. The second kappa shape index (κ2) is 3.97. The van der Waals surface area contributed by atoms with Crippen LogP contribution in [0.4, 0.5) is 0 Å². The van der Waals surface area contributed by atoms with Crippen LogP contribution in [0.25, 0.3) is 4.91 Å². The zero-order valence-electron chi connectivity index (χ0n) is 7.45. The molecule has 1 aliphatic carbocycles. The van der Waals surface area contributed by atoms with Gasteiger partial charge in [0, 0.05) is 0 Å². The van der Waals surface area contributed by atoms with Gasteiger partial charge in [-0.3, -0.25) is 4.21 Å². The molecule has 3 atom stereocenters. The fraction of sp³-hybridized carbons (Fsp3) is 0.111. The van der Waals surface area contributed by atoms with Crippen LogP contribution in [0, 0.1) is 0 Å². The maximum atomic E-state index is 11.0. The van der Waals surface area contributed by atoms with Gasteiger partial charge in [0.25, 0.3) is 0 Å². The van der Waals surface area contributed by atoms with Gasteiger partial charge >= 0.3 is 0 Å². The van der Waals surface area contributed by atoms with Crippen molar-refractivity contribution in [2.75, 3.05) is 0 Å². The zero-order valence-corrected chi connectivity index (χ0v) is 9.09.